The zero-order valence-corrected chi connectivity index (χ0v) is 13.4. The number of rotatable bonds is 7. The quantitative estimate of drug-likeness (QED) is 0.630. The Balaban J connectivity index is 1.60. The second kappa shape index (κ2) is 7.45. The largest absolute Gasteiger partial charge is 0.394 e. The Morgan fingerprint density at radius 1 is 1.29 bits per heavy atom. The van der Waals surface area contributed by atoms with E-state index in [4.69, 9.17) is 4.74 Å². The van der Waals surface area contributed by atoms with Crippen LogP contribution in [-0.2, 0) is 4.74 Å². The third kappa shape index (κ3) is 4.85. The van der Waals surface area contributed by atoms with Crippen molar-refractivity contribution in [1.29, 1.82) is 0 Å². The summed E-state index contributed by atoms with van der Waals surface area (Å²) >= 11 is 0. The van der Waals surface area contributed by atoms with Crippen LogP contribution in [-0.4, -0.2) is 42.5 Å². The highest BCUT2D eigenvalue weighted by atomic mass is 16.5. The molecule has 5 heteroatoms. The Labute approximate surface area is 127 Å². The molecule has 0 aromatic carbocycles. The van der Waals surface area contributed by atoms with Gasteiger partial charge in [0.05, 0.1) is 24.9 Å². The standard InChI is InChI=1S/C16H30N2O3/c1-12-5-3-4-6-14(12)21-10-9-17-15(20)18-16(2,11-19)13-7-8-13/h12-14,19H,3-11H2,1-2H3,(H2,17,18,20)/t12-,14-,16-/m1/s1. The summed E-state index contributed by atoms with van der Waals surface area (Å²) in [6, 6.07) is -0.209. The molecule has 0 radical (unpaired) electrons. The topological polar surface area (TPSA) is 70.6 Å². The molecule has 2 amide bonds. The lowest BCUT2D eigenvalue weighted by Gasteiger charge is -2.30. The maximum Gasteiger partial charge on any atom is 0.315 e. The monoisotopic (exact) mass is 298 g/mol. The minimum atomic E-state index is -0.483. The first-order valence-electron chi connectivity index (χ1n) is 8.33. The van der Waals surface area contributed by atoms with Crippen molar-refractivity contribution in [3.05, 3.63) is 0 Å². The van der Waals surface area contributed by atoms with Gasteiger partial charge in [0.1, 0.15) is 0 Å². The van der Waals surface area contributed by atoms with Gasteiger partial charge < -0.3 is 20.5 Å². The van der Waals surface area contributed by atoms with Crippen LogP contribution in [0.25, 0.3) is 0 Å². The first kappa shape index (κ1) is 16.6. The molecular weight excluding hydrogens is 268 g/mol. The summed E-state index contributed by atoms with van der Waals surface area (Å²) in [4.78, 5) is 11.9. The Hall–Kier alpha value is -0.810. The van der Waals surface area contributed by atoms with Crippen molar-refractivity contribution >= 4 is 6.03 Å². The molecule has 122 valence electrons. The maximum atomic E-state index is 11.9. The van der Waals surface area contributed by atoms with Crippen molar-refractivity contribution in [2.45, 2.75) is 64.0 Å². The molecule has 0 aromatic rings. The highest BCUT2D eigenvalue weighted by Gasteiger charge is 2.42. The fraction of sp³-hybridized carbons (Fsp3) is 0.938. The van der Waals surface area contributed by atoms with Crippen LogP contribution in [0.5, 0.6) is 0 Å². The second-order valence-corrected chi connectivity index (χ2v) is 6.90. The van der Waals surface area contributed by atoms with Crippen molar-refractivity contribution < 1.29 is 14.6 Å². The van der Waals surface area contributed by atoms with E-state index in [-0.39, 0.29) is 12.6 Å². The van der Waals surface area contributed by atoms with Crippen LogP contribution in [0.1, 0.15) is 52.4 Å². The minimum absolute atomic E-state index is 0.0127. The third-order valence-corrected chi connectivity index (χ3v) is 4.96. The molecule has 0 unspecified atom stereocenters. The number of hydrogen-bond acceptors (Lipinski definition) is 3. The minimum Gasteiger partial charge on any atom is -0.394 e. The normalized spacial score (nSPS) is 28.7. The van der Waals surface area contributed by atoms with E-state index in [0.29, 0.717) is 31.1 Å². The van der Waals surface area contributed by atoms with Gasteiger partial charge >= 0.3 is 6.03 Å². The average molecular weight is 298 g/mol. The Bertz CT molecular complexity index is 346. The van der Waals surface area contributed by atoms with Crippen molar-refractivity contribution in [3.8, 4) is 0 Å². The molecule has 3 atom stereocenters. The maximum absolute atomic E-state index is 11.9. The van der Waals surface area contributed by atoms with Gasteiger partial charge in [-0.3, -0.25) is 0 Å². The van der Waals surface area contributed by atoms with Crippen LogP contribution in [0.2, 0.25) is 0 Å². The lowest BCUT2D eigenvalue weighted by atomic mass is 9.88. The van der Waals surface area contributed by atoms with E-state index >= 15 is 0 Å². The number of nitrogens with one attached hydrogen (secondary N) is 2. The van der Waals surface area contributed by atoms with Gasteiger partial charge in [0.15, 0.2) is 0 Å². The number of aliphatic hydroxyl groups is 1. The Morgan fingerprint density at radius 3 is 2.62 bits per heavy atom. The Kier molecular flexibility index (Phi) is 5.88. The molecule has 3 N–H and O–H groups in total. The molecule has 2 fully saturated rings. The van der Waals surface area contributed by atoms with Gasteiger partial charge in [0, 0.05) is 6.54 Å². The van der Waals surface area contributed by atoms with Crippen molar-refractivity contribution in [3.63, 3.8) is 0 Å². The summed E-state index contributed by atoms with van der Waals surface area (Å²) in [5.74, 6) is 1.03. The molecular formula is C16H30N2O3. The van der Waals surface area contributed by atoms with Crippen molar-refractivity contribution in [2.75, 3.05) is 19.8 Å². The van der Waals surface area contributed by atoms with Gasteiger partial charge in [-0.25, -0.2) is 4.79 Å². The number of urea groups is 1. The third-order valence-electron chi connectivity index (χ3n) is 4.96. The zero-order chi connectivity index (χ0) is 15.3. The lowest BCUT2D eigenvalue weighted by molar-refractivity contribution is -0.00253. The van der Waals surface area contributed by atoms with Gasteiger partial charge in [0.25, 0.3) is 0 Å². The number of hydrogen-bond donors (Lipinski definition) is 3. The highest BCUT2D eigenvalue weighted by Crippen LogP contribution is 2.39. The van der Waals surface area contributed by atoms with E-state index in [2.05, 4.69) is 17.6 Å². The molecule has 0 aromatic heterocycles. The van der Waals surface area contributed by atoms with Crippen LogP contribution < -0.4 is 10.6 Å². The fourth-order valence-corrected chi connectivity index (χ4v) is 3.20. The summed E-state index contributed by atoms with van der Waals surface area (Å²) in [6.45, 7) is 5.21. The second-order valence-electron chi connectivity index (χ2n) is 6.90. The molecule has 0 heterocycles. The average Bonchev–Trinajstić information content (AvgIpc) is 3.30. The molecule has 0 bridgehead atoms. The van der Waals surface area contributed by atoms with Crippen molar-refractivity contribution in [2.24, 2.45) is 11.8 Å². The van der Waals surface area contributed by atoms with Gasteiger partial charge in [-0.15, -0.1) is 0 Å². The number of carbonyl (C=O) groups excluding carboxylic acids is 1. The number of aliphatic hydroxyl groups excluding tert-OH is 1. The zero-order valence-electron chi connectivity index (χ0n) is 13.4. The summed E-state index contributed by atoms with van der Waals surface area (Å²) < 4.78 is 5.87. The van der Waals surface area contributed by atoms with Crippen LogP contribution in [0, 0.1) is 11.8 Å². The fourth-order valence-electron chi connectivity index (χ4n) is 3.20. The molecule has 5 nitrogen and oxygen atoms in total. The molecule has 21 heavy (non-hydrogen) atoms. The summed E-state index contributed by atoms with van der Waals surface area (Å²) in [5.41, 5.74) is -0.483. The smallest absolute Gasteiger partial charge is 0.315 e. The molecule has 2 aliphatic carbocycles. The van der Waals surface area contributed by atoms with E-state index in [1.54, 1.807) is 0 Å². The van der Waals surface area contributed by atoms with Gasteiger partial charge in [-0.1, -0.05) is 19.8 Å². The Morgan fingerprint density at radius 2 is 2.00 bits per heavy atom. The predicted octanol–water partition coefficient (Wildman–Crippen LogP) is 2.04. The van der Waals surface area contributed by atoms with Crippen LogP contribution >= 0.6 is 0 Å². The molecule has 2 aliphatic rings. The number of carbonyl (C=O) groups is 1. The van der Waals surface area contributed by atoms with Gasteiger partial charge in [-0.05, 0) is 44.4 Å². The molecule has 2 rings (SSSR count). The molecule has 0 aliphatic heterocycles. The van der Waals surface area contributed by atoms with Crippen LogP contribution in [0.3, 0.4) is 0 Å². The van der Waals surface area contributed by atoms with Gasteiger partial charge in [0.2, 0.25) is 0 Å². The number of amides is 2. The number of ether oxygens (including phenoxy) is 1. The van der Waals surface area contributed by atoms with E-state index in [1.165, 1.54) is 19.3 Å². The summed E-state index contributed by atoms with van der Waals surface area (Å²) in [7, 11) is 0. The van der Waals surface area contributed by atoms with Gasteiger partial charge in [-0.2, -0.15) is 0 Å². The van der Waals surface area contributed by atoms with Crippen molar-refractivity contribution in [1.82, 2.24) is 10.6 Å². The van der Waals surface area contributed by atoms with E-state index in [9.17, 15) is 9.90 Å². The SMILES string of the molecule is C[C@@H]1CCCC[C@H]1OCCNC(=O)N[C@](C)(CO)C1CC1. The molecule has 0 saturated heterocycles. The summed E-state index contributed by atoms with van der Waals surface area (Å²) in [6.07, 6.45) is 7.45. The lowest BCUT2D eigenvalue weighted by Crippen LogP contribution is -2.54. The van der Waals surface area contributed by atoms with E-state index in [0.717, 1.165) is 19.3 Å². The van der Waals surface area contributed by atoms with Crippen LogP contribution in [0.4, 0.5) is 4.79 Å². The highest BCUT2D eigenvalue weighted by molar-refractivity contribution is 5.74. The van der Waals surface area contributed by atoms with Crippen LogP contribution in [0.15, 0.2) is 0 Å². The first-order valence-corrected chi connectivity index (χ1v) is 8.33. The molecule has 2 saturated carbocycles. The molecule has 0 spiro atoms. The van der Waals surface area contributed by atoms with E-state index in [1.807, 2.05) is 6.92 Å². The van der Waals surface area contributed by atoms with E-state index < -0.39 is 5.54 Å². The first-order chi connectivity index (χ1) is 10.0. The predicted molar refractivity (Wildman–Crippen MR) is 82.1 cm³/mol. The summed E-state index contributed by atoms with van der Waals surface area (Å²) in [5, 5.41) is 15.2.